The van der Waals surface area contributed by atoms with Gasteiger partial charge in [-0.1, -0.05) is 6.58 Å². The van der Waals surface area contributed by atoms with Gasteiger partial charge in [-0.3, -0.25) is 19.3 Å². The van der Waals surface area contributed by atoms with Crippen molar-refractivity contribution in [2.75, 3.05) is 6.54 Å². The molecule has 1 rings (SSSR count). The number of amides is 2. The number of hydrogen-bond acceptors (Lipinski definition) is 3. The van der Waals surface area contributed by atoms with Gasteiger partial charge in [0.15, 0.2) is 5.78 Å². The highest BCUT2D eigenvalue weighted by Crippen LogP contribution is 2.12. The highest BCUT2D eigenvalue weighted by Gasteiger charge is 2.27. The standard InChI is InChI=1S/C10H13NO3/c1-2-8(12)4-3-7-11-9(13)5-6-10(11)14/h2H,1,3-7H2. The minimum absolute atomic E-state index is 0.0518. The molecule has 1 aliphatic heterocycles. The molecule has 0 N–H and O–H groups in total. The highest BCUT2D eigenvalue weighted by atomic mass is 16.2. The lowest BCUT2D eigenvalue weighted by molar-refractivity contribution is -0.138. The largest absolute Gasteiger partial charge is 0.295 e. The Morgan fingerprint density at radius 2 is 1.93 bits per heavy atom. The van der Waals surface area contributed by atoms with Crippen molar-refractivity contribution in [1.29, 1.82) is 0 Å². The molecule has 0 spiro atoms. The summed E-state index contributed by atoms with van der Waals surface area (Å²) in [6.07, 6.45) is 2.76. The number of likely N-dealkylation sites (tertiary alicyclic amines) is 1. The van der Waals surface area contributed by atoms with E-state index in [-0.39, 0.29) is 17.6 Å². The first kappa shape index (κ1) is 10.6. The van der Waals surface area contributed by atoms with E-state index in [1.165, 1.54) is 11.0 Å². The molecule has 0 bridgehead atoms. The zero-order valence-corrected chi connectivity index (χ0v) is 7.99. The van der Waals surface area contributed by atoms with Gasteiger partial charge in [-0.2, -0.15) is 0 Å². The molecule has 2 amide bonds. The Kier molecular flexibility index (Phi) is 3.56. The molecule has 1 heterocycles. The van der Waals surface area contributed by atoms with Crippen LogP contribution in [0.5, 0.6) is 0 Å². The summed E-state index contributed by atoms with van der Waals surface area (Å²) in [4.78, 5) is 34.3. The van der Waals surface area contributed by atoms with Crippen molar-refractivity contribution in [1.82, 2.24) is 4.90 Å². The topological polar surface area (TPSA) is 54.5 Å². The van der Waals surface area contributed by atoms with E-state index >= 15 is 0 Å². The average Bonchev–Trinajstić information content (AvgIpc) is 2.48. The Labute approximate surface area is 82.6 Å². The second-order valence-corrected chi connectivity index (χ2v) is 3.21. The van der Waals surface area contributed by atoms with Crippen LogP contribution in [-0.2, 0) is 14.4 Å². The van der Waals surface area contributed by atoms with Crippen molar-refractivity contribution in [2.45, 2.75) is 25.7 Å². The molecule has 0 aromatic heterocycles. The van der Waals surface area contributed by atoms with E-state index in [4.69, 9.17) is 0 Å². The van der Waals surface area contributed by atoms with E-state index in [1.807, 2.05) is 0 Å². The fraction of sp³-hybridized carbons (Fsp3) is 0.500. The zero-order valence-electron chi connectivity index (χ0n) is 7.99. The molecule has 14 heavy (non-hydrogen) atoms. The molecule has 0 radical (unpaired) electrons. The van der Waals surface area contributed by atoms with Gasteiger partial charge in [0.1, 0.15) is 0 Å². The van der Waals surface area contributed by atoms with Gasteiger partial charge in [-0.15, -0.1) is 0 Å². The van der Waals surface area contributed by atoms with Crippen molar-refractivity contribution >= 4 is 17.6 Å². The van der Waals surface area contributed by atoms with Gasteiger partial charge in [0.05, 0.1) is 0 Å². The molecular weight excluding hydrogens is 182 g/mol. The van der Waals surface area contributed by atoms with Crippen LogP contribution in [-0.4, -0.2) is 29.0 Å². The minimum atomic E-state index is -0.124. The SMILES string of the molecule is C=CC(=O)CCCN1C(=O)CCC1=O. The molecule has 0 saturated carbocycles. The first-order valence-electron chi connectivity index (χ1n) is 4.63. The minimum Gasteiger partial charge on any atom is -0.295 e. The molecule has 1 aliphatic rings. The van der Waals surface area contributed by atoms with Gasteiger partial charge < -0.3 is 0 Å². The third kappa shape index (κ3) is 2.52. The number of nitrogens with zero attached hydrogens (tertiary/aromatic N) is 1. The fourth-order valence-electron chi connectivity index (χ4n) is 1.39. The van der Waals surface area contributed by atoms with Crippen LogP contribution in [0.2, 0.25) is 0 Å². The van der Waals surface area contributed by atoms with Crippen molar-refractivity contribution in [3.8, 4) is 0 Å². The smallest absolute Gasteiger partial charge is 0.229 e. The normalized spacial score (nSPS) is 16.1. The Morgan fingerprint density at radius 1 is 1.36 bits per heavy atom. The zero-order chi connectivity index (χ0) is 10.6. The van der Waals surface area contributed by atoms with Gasteiger partial charge in [0.2, 0.25) is 11.8 Å². The second kappa shape index (κ2) is 4.69. The van der Waals surface area contributed by atoms with E-state index in [1.54, 1.807) is 0 Å². The Morgan fingerprint density at radius 3 is 2.43 bits per heavy atom. The van der Waals surface area contributed by atoms with Crippen molar-refractivity contribution < 1.29 is 14.4 Å². The van der Waals surface area contributed by atoms with Crippen LogP contribution in [0.15, 0.2) is 12.7 Å². The summed E-state index contributed by atoms with van der Waals surface area (Å²) in [6, 6.07) is 0. The van der Waals surface area contributed by atoms with Crippen LogP contribution in [0.1, 0.15) is 25.7 Å². The van der Waals surface area contributed by atoms with Crippen LogP contribution in [0.25, 0.3) is 0 Å². The van der Waals surface area contributed by atoms with Gasteiger partial charge >= 0.3 is 0 Å². The third-order valence-corrected chi connectivity index (χ3v) is 2.19. The van der Waals surface area contributed by atoms with Crippen molar-refractivity contribution in [2.24, 2.45) is 0 Å². The molecular formula is C10H13NO3. The summed E-state index contributed by atoms with van der Waals surface area (Å²) < 4.78 is 0. The monoisotopic (exact) mass is 195 g/mol. The lowest BCUT2D eigenvalue weighted by Gasteiger charge is -2.12. The summed E-state index contributed by atoms with van der Waals surface area (Å²) in [6.45, 7) is 3.70. The summed E-state index contributed by atoms with van der Waals surface area (Å²) >= 11 is 0. The predicted molar refractivity (Wildman–Crippen MR) is 50.4 cm³/mol. The maximum Gasteiger partial charge on any atom is 0.229 e. The van der Waals surface area contributed by atoms with E-state index < -0.39 is 0 Å². The lowest BCUT2D eigenvalue weighted by atomic mass is 10.2. The van der Waals surface area contributed by atoms with Crippen LogP contribution in [0, 0.1) is 0 Å². The van der Waals surface area contributed by atoms with Crippen molar-refractivity contribution in [3.05, 3.63) is 12.7 Å². The maximum absolute atomic E-state index is 11.1. The van der Waals surface area contributed by atoms with Crippen LogP contribution in [0.4, 0.5) is 0 Å². The predicted octanol–water partition coefficient (Wildman–Crippen LogP) is 0.671. The summed E-state index contributed by atoms with van der Waals surface area (Å²) in [7, 11) is 0. The van der Waals surface area contributed by atoms with Gasteiger partial charge in [0, 0.05) is 25.8 Å². The Balaban J connectivity index is 2.30. The molecule has 0 unspecified atom stereocenters. The molecule has 0 aromatic carbocycles. The summed E-state index contributed by atoms with van der Waals surface area (Å²) in [5, 5.41) is 0. The van der Waals surface area contributed by atoms with E-state index in [9.17, 15) is 14.4 Å². The third-order valence-electron chi connectivity index (χ3n) is 2.19. The van der Waals surface area contributed by atoms with Crippen molar-refractivity contribution in [3.63, 3.8) is 0 Å². The molecule has 0 aromatic rings. The number of ketones is 1. The molecule has 4 nitrogen and oxygen atoms in total. The molecule has 0 aliphatic carbocycles. The number of carbonyl (C=O) groups excluding carboxylic acids is 3. The quantitative estimate of drug-likeness (QED) is 0.478. The first-order valence-corrected chi connectivity index (χ1v) is 4.63. The number of hydrogen-bond donors (Lipinski definition) is 0. The lowest BCUT2D eigenvalue weighted by Crippen LogP contribution is -2.30. The van der Waals surface area contributed by atoms with Crippen LogP contribution >= 0.6 is 0 Å². The molecule has 1 saturated heterocycles. The Bertz CT molecular complexity index is 267. The Hall–Kier alpha value is -1.45. The number of rotatable bonds is 5. The average molecular weight is 195 g/mol. The molecule has 0 atom stereocenters. The molecule has 76 valence electrons. The van der Waals surface area contributed by atoms with E-state index in [0.29, 0.717) is 32.2 Å². The van der Waals surface area contributed by atoms with E-state index in [2.05, 4.69) is 6.58 Å². The maximum atomic E-state index is 11.1. The fourth-order valence-corrected chi connectivity index (χ4v) is 1.39. The van der Waals surface area contributed by atoms with Crippen LogP contribution < -0.4 is 0 Å². The highest BCUT2D eigenvalue weighted by molar-refractivity contribution is 6.01. The van der Waals surface area contributed by atoms with Crippen LogP contribution in [0.3, 0.4) is 0 Å². The van der Waals surface area contributed by atoms with Gasteiger partial charge in [-0.05, 0) is 12.5 Å². The van der Waals surface area contributed by atoms with Gasteiger partial charge in [0.25, 0.3) is 0 Å². The summed E-state index contributed by atoms with van der Waals surface area (Å²) in [5.74, 6) is -0.300. The first-order chi connectivity index (χ1) is 6.65. The number of imide groups is 1. The number of allylic oxidation sites excluding steroid dienone is 1. The second-order valence-electron chi connectivity index (χ2n) is 3.21. The number of carbonyl (C=O) groups is 3. The molecule has 1 fully saturated rings. The molecule has 4 heteroatoms. The van der Waals surface area contributed by atoms with Gasteiger partial charge in [-0.25, -0.2) is 0 Å². The van der Waals surface area contributed by atoms with E-state index in [0.717, 1.165) is 0 Å². The summed E-state index contributed by atoms with van der Waals surface area (Å²) in [5.41, 5.74) is 0.